The van der Waals surface area contributed by atoms with Crippen LogP contribution in [0.15, 0.2) is 0 Å². The number of likely N-dealkylation sites (tertiary alicyclic amines) is 1. The molecule has 0 aromatic heterocycles. The van der Waals surface area contributed by atoms with Gasteiger partial charge in [-0.3, -0.25) is 4.90 Å². The summed E-state index contributed by atoms with van der Waals surface area (Å²) < 4.78 is 5.32. The van der Waals surface area contributed by atoms with E-state index >= 15 is 0 Å². The minimum absolute atomic E-state index is 0.0966. The second-order valence-electron chi connectivity index (χ2n) is 4.02. The van der Waals surface area contributed by atoms with E-state index in [1.54, 1.807) is 0 Å². The summed E-state index contributed by atoms with van der Waals surface area (Å²) in [5, 5.41) is 28.4. The average molecular weight is 203 g/mol. The van der Waals surface area contributed by atoms with Crippen LogP contribution in [-0.4, -0.2) is 64.5 Å². The van der Waals surface area contributed by atoms with Crippen LogP contribution in [0.5, 0.6) is 0 Å². The summed E-state index contributed by atoms with van der Waals surface area (Å²) in [6, 6.07) is 0. The Morgan fingerprint density at radius 1 is 1.00 bits per heavy atom. The molecule has 2 saturated heterocycles. The first-order valence-electron chi connectivity index (χ1n) is 5.10. The SMILES string of the molecule is O[C@H]1[C@H](O)COC(N2CCCC2)[C@@H]1O. The Kier molecular flexibility index (Phi) is 3.04. The van der Waals surface area contributed by atoms with E-state index in [0.717, 1.165) is 25.9 Å². The van der Waals surface area contributed by atoms with Gasteiger partial charge in [-0.25, -0.2) is 0 Å². The van der Waals surface area contributed by atoms with Crippen LogP contribution in [0, 0.1) is 0 Å². The van der Waals surface area contributed by atoms with Gasteiger partial charge in [0.25, 0.3) is 0 Å². The first-order valence-corrected chi connectivity index (χ1v) is 5.10. The molecule has 0 spiro atoms. The summed E-state index contributed by atoms with van der Waals surface area (Å²) in [6.45, 7) is 1.88. The zero-order valence-electron chi connectivity index (χ0n) is 8.04. The Morgan fingerprint density at radius 3 is 2.29 bits per heavy atom. The van der Waals surface area contributed by atoms with Crippen LogP contribution in [0.3, 0.4) is 0 Å². The van der Waals surface area contributed by atoms with Crippen LogP contribution < -0.4 is 0 Å². The molecule has 5 heteroatoms. The molecule has 4 atom stereocenters. The molecule has 14 heavy (non-hydrogen) atoms. The van der Waals surface area contributed by atoms with Crippen LogP contribution >= 0.6 is 0 Å². The van der Waals surface area contributed by atoms with E-state index in [-0.39, 0.29) is 6.61 Å². The monoisotopic (exact) mass is 203 g/mol. The van der Waals surface area contributed by atoms with Crippen molar-refractivity contribution in [3.05, 3.63) is 0 Å². The number of hydrogen-bond acceptors (Lipinski definition) is 5. The fraction of sp³-hybridized carbons (Fsp3) is 1.00. The third kappa shape index (κ3) is 1.78. The van der Waals surface area contributed by atoms with Gasteiger partial charge in [-0.05, 0) is 12.8 Å². The number of hydrogen-bond donors (Lipinski definition) is 3. The molecule has 1 unspecified atom stereocenters. The van der Waals surface area contributed by atoms with E-state index in [4.69, 9.17) is 4.74 Å². The third-order valence-corrected chi connectivity index (χ3v) is 2.97. The minimum atomic E-state index is -1.09. The van der Waals surface area contributed by atoms with Crippen molar-refractivity contribution in [2.45, 2.75) is 37.4 Å². The van der Waals surface area contributed by atoms with E-state index in [1.165, 1.54) is 0 Å². The maximum Gasteiger partial charge on any atom is 0.139 e. The second kappa shape index (κ2) is 4.12. The smallest absolute Gasteiger partial charge is 0.139 e. The Morgan fingerprint density at radius 2 is 1.64 bits per heavy atom. The van der Waals surface area contributed by atoms with Gasteiger partial charge in [-0.15, -0.1) is 0 Å². The van der Waals surface area contributed by atoms with Gasteiger partial charge in [-0.1, -0.05) is 0 Å². The lowest BCUT2D eigenvalue weighted by Crippen LogP contribution is -2.58. The molecule has 3 N–H and O–H groups in total. The van der Waals surface area contributed by atoms with Crippen LogP contribution in [0.4, 0.5) is 0 Å². The van der Waals surface area contributed by atoms with Gasteiger partial charge >= 0.3 is 0 Å². The number of ether oxygens (including phenoxy) is 1. The predicted octanol–water partition coefficient (Wildman–Crippen LogP) is -1.48. The molecule has 82 valence electrons. The zero-order chi connectivity index (χ0) is 10.1. The largest absolute Gasteiger partial charge is 0.388 e. The first-order chi connectivity index (χ1) is 6.70. The third-order valence-electron chi connectivity index (χ3n) is 2.97. The molecule has 0 radical (unpaired) electrons. The number of aliphatic hydroxyl groups is 3. The molecule has 0 aliphatic carbocycles. The van der Waals surface area contributed by atoms with Crippen LogP contribution in [-0.2, 0) is 4.74 Å². The quantitative estimate of drug-likeness (QED) is 0.485. The lowest BCUT2D eigenvalue weighted by Gasteiger charge is -2.39. The summed E-state index contributed by atoms with van der Waals surface area (Å²) in [4.78, 5) is 2.01. The predicted molar refractivity (Wildman–Crippen MR) is 48.6 cm³/mol. The Labute approximate surface area is 82.9 Å². The molecule has 2 fully saturated rings. The van der Waals surface area contributed by atoms with Gasteiger partial charge < -0.3 is 20.1 Å². The summed E-state index contributed by atoms with van der Waals surface area (Å²) in [5.41, 5.74) is 0. The highest BCUT2D eigenvalue weighted by Crippen LogP contribution is 2.22. The minimum Gasteiger partial charge on any atom is -0.388 e. The topological polar surface area (TPSA) is 73.2 Å². The number of nitrogens with zero attached hydrogens (tertiary/aromatic N) is 1. The van der Waals surface area contributed by atoms with Gasteiger partial charge in [0.05, 0.1) is 6.61 Å². The van der Waals surface area contributed by atoms with Crippen molar-refractivity contribution >= 4 is 0 Å². The van der Waals surface area contributed by atoms with Crippen LogP contribution in [0.25, 0.3) is 0 Å². The molecule has 2 heterocycles. The highest BCUT2D eigenvalue weighted by molar-refractivity contribution is 4.87. The molecule has 0 amide bonds. The maximum atomic E-state index is 9.69. The van der Waals surface area contributed by atoms with E-state index in [2.05, 4.69) is 0 Å². The highest BCUT2D eigenvalue weighted by atomic mass is 16.5. The Bertz CT molecular complexity index is 195. The van der Waals surface area contributed by atoms with E-state index in [1.807, 2.05) is 4.90 Å². The van der Waals surface area contributed by atoms with Crippen molar-refractivity contribution in [2.75, 3.05) is 19.7 Å². The average Bonchev–Trinajstić information content (AvgIpc) is 2.67. The van der Waals surface area contributed by atoms with Crippen molar-refractivity contribution in [3.63, 3.8) is 0 Å². The van der Waals surface area contributed by atoms with Crippen molar-refractivity contribution in [2.24, 2.45) is 0 Å². The standard InChI is InChI=1S/C9H17NO4/c11-6-5-14-9(8(13)7(6)12)10-3-1-2-4-10/h6-9,11-13H,1-5H2/t6-,7+,8-,9?/m1/s1. The van der Waals surface area contributed by atoms with Gasteiger partial charge in [-0.2, -0.15) is 0 Å². The van der Waals surface area contributed by atoms with E-state index < -0.39 is 24.5 Å². The number of rotatable bonds is 1. The summed E-state index contributed by atoms with van der Waals surface area (Å²) >= 11 is 0. The maximum absolute atomic E-state index is 9.69. The van der Waals surface area contributed by atoms with Crippen LogP contribution in [0.1, 0.15) is 12.8 Å². The molecule has 0 bridgehead atoms. The molecular weight excluding hydrogens is 186 g/mol. The van der Waals surface area contributed by atoms with Crippen molar-refractivity contribution in [1.29, 1.82) is 0 Å². The van der Waals surface area contributed by atoms with Gasteiger partial charge in [0.2, 0.25) is 0 Å². The molecule has 2 aliphatic rings. The molecule has 2 aliphatic heterocycles. The summed E-state index contributed by atoms with van der Waals surface area (Å²) in [7, 11) is 0. The van der Waals surface area contributed by atoms with Crippen molar-refractivity contribution in [3.8, 4) is 0 Å². The first kappa shape index (κ1) is 10.3. The fourth-order valence-electron chi connectivity index (χ4n) is 2.11. The molecular formula is C9H17NO4. The van der Waals surface area contributed by atoms with Gasteiger partial charge in [0, 0.05) is 13.1 Å². The molecule has 5 nitrogen and oxygen atoms in total. The normalized spacial score (nSPS) is 45.6. The second-order valence-corrected chi connectivity index (χ2v) is 4.02. The van der Waals surface area contributed by atoms with Crippen LogP contribution in [0.2, 0.25) is 0 Å². The molecule has 0 aromatic rings. The highest BCUT2D eigenvalue weighted by Gasteiger charge is 2.40. The van der Waals surface area contributed by atoms with Gasteiger partial charge in [0.1, 0.15) is 24.5 Å². The van der Waals surface area contributed by atoms with Crippen molar-refractivity contribution in [1.82, 2.24) is 4.90 Å². The van der Waals surface area contributed by atoms with Gasteiger partial charge in [0.15, 0.2) is 0 Å². The lowest BCUT2D eigenvalue weighted by molar-refractivity contribution is -0.225. The van der Waals surface area contributed by atoms with E-state index in [0.29, 0.717) is 0 Å². The van der Waals surface area contributed by atoms with E-state index in [9.17, 15) is 15.3 Å². The Hall–Kier alpha value is -0.200. The van der Waals surface area contributed by atoms with Crippen molar-refractivity contribution < 1.29 is 20.1 Å². The fourth-order valence-corrected chi connectivity index (χ4v) is 2.11. The molecule has 2 rings (SSSR count). The molecule has 0 saturated carbocycles. The Balaban J connectivity index is 1.98. The lowest BCUT2D eigenvalue weighted by atomic mass is 10.0. The zero-order valence-corrected chi connectivity index (χ0v) is 8.04. The number of aliphatic hydroxyl groups excluding tert-OH is 3. The summed E-state index contributed by atoms with van der Waals surface area (Å²) in [5.74, 6) is 0. The molecule has 0 aromatic carbocycles. The summed E-state index contributed by atoms with van der Waals surface area (Å²) in [6.07, 6.45) is -1.30.